The summed E-state index contributed by atoms with van der Waals surface area (Å²) in [4.78, 5) is 26.5. The number of benzene rings is 1. The Kier molecular flexibility index (Phi) is 3.95. The largest absolute Gasteiger partial charge is 0.478 e. The molecule has 102 valence electrons. The van der Waals surface area contributed by atoms with E-state index >= 15 is 0 Å². The van der Waals surface area contributed by atoms with E-state index in [1.54, 1.807) is 0 Å². The van der Waals surface area contributed by atoms with E-state index in [0.29, 0.717) is 0 Å². The summed E-state index contributed by atoms with van der Waals surface area (Å²) in [6.07, 6.45) is 2.12. The second-order valence-electron chi connectivity index (χ2n) is 3.81. The fourth-order valence-corrected chi connectivity index (χ4v) is 1.77. The molecule has 0 atom stereocenters. The number of pyridine rings is 1. The predicted molar refractivity (Wildman–Crippen MR) is 70.6 cm³/mol. The first-order valence-electron chi connectivity index (χ1n) is 5.42. The molecule has 0 spiro atoms. The highest BCUT2D eigenvalue weighted by Crippen LogP contribution is 2.26. The van der Waals surface area contributed by atoms with Gasteiger partial charge in [0.1, 0.15) is 5.82 Å². The van der Waals surface area contributed by atoms with Gasteiger partial charge in [-0.3, -0.25) is 9.78 Å². The molecule has 0 aliphatic heterocycles. The van der Waals surface area contributed by atoms with Gasteiger partial charge in [0.2, 0.25) is 0 Å². The molecule has 2 aromatic rings. The normalized spacial score (nSPS) is 10.1. The molecule has 5 nitrogen and oxygen atoms in total. The van der Waals surface area contributed by atoms with Gasteiger partial charge in [-0.2, -0.15) is 0 Å². The number of carboxylic acids is 1. The molecule has 7 heteroatoms. The average molecular weight is 295 g/mol. The van der Waals surface area contributed by atoms with Crippen LogP contribution in [0.15, 0.2) is 36.7 Å². The van der Waals surface area contributed by atoms with Crippen molar-refractivity contribution in [3.8, 4) is 0 Å². The number of amides is 1. The topological polar surface area (TPSA) is 79.3 Å². The van der Waals surface area contributed by atoms with Crippen molar-refractivity contribution >= 4 is 29.2 Å². The fraction of sp³-hybridized carbons (Fsp3) is 0. The Morgan fingerprint density at radius 1 is 1.30 bits per heavy atom. The molecular formula is C13H8ClFN2O3. The van der Waals surface area contributed by atoms with Crippen LogP contribution < -0.4 is 5.32 Å². The molecule has 2 rings (SSSR count). The molecule has 0 unspecified atom stereocenters. The van der Waals surface area contributed by atoms with E-state index in [2.05, 4.69) is 10.3 Å². The Labute approximate surface area is 118 Å². The lowest BCUT2D eigenvalue weighted by Gasteiger charge is -2.10. The van der Waals surface area contributed by atoms with E-state index in [1.165, 1.54) is 18.2 Å². The number of hydrogen-bond acceptors (Lipinski definition) is 3. The fourth-order valence-electron chi connectivity index (χ4n) is 1.55. The molecule has 2 N–H and O–H groups in total. The van der Waals surface area contributed by atoms with Crippen LogP contribution in [0, 0.1) is 5.82 Å². The van der Waals surface area contributed by atoms with Crippen LogP contribution in [0.5, 0.6) is 0 Å². The summed E-state index contributed by atoms with van der Waals surface area (Å²) < 4.78 is 13.0. The van der Waals surface area contributed by atoms with E-state index in [0.717, 1.165) is 18.5 Å². The number of carbonyl (C=O) groups excluding carboxylic acids is 1. The Balaban J connectivity index is 2.35. The standard InChI is InChI=1S/C13H8ClFN2O3/c14-10-3-1-2-9(13(19)20)11(10)17-12(18)7-4-8(15)6-16-5-7/h1-6H,(H,17,18)(H,19,20). The van der Waals surface area contributed by atoms with Crippen LogP contribution in [0.1, 0.15) is 20.7 Å². The zero-order valence-electron chi connectivity index (χ0n) is 9.93. The molecule has 1 heterocycles. The van der Waals surface area contributed by atoms with Crippen LogP contribution in [0.25, 0.3) is 0 Å². The van der Waals surface area contributed by atoms with Crippen molar-refractivity contribution in [2.75, 3.05) is 5.32 Å². The van der Waals surface area contributed by atoms with Crippen molar-refractivity contribution in [1.82, 2.24) is 4.98 Å². The molecule has 0 radical (unpaired) electrons. The molecule has 0 bridgehead atoms. The van der Waals surface area contributed by atoms with Crippen LogP contribution >= 0.6 is 11.6 Å². The van der Waals surface area contributed by atoms with Gasteiger partial charge in [-0.15, -0.1) is 0 Å². The summed E-state index contributed by atoms with van der Waals surface area (Å²) in [5.74, 6) is -2.61. The van der Waals surface area contributed by atoms with Gasteiger partial charge in [0.15, 0.2) is 0 Å². The van der Waals surface area contributed by atoms with E-state index < -0.39 is 17.7 Å². The number of rotatable bonds is 3. The van der Waals surface area contributed by atoms with Crippen LogP contribution in [0.2, 0.25) is 5.02 Å². The van der Waals surface area contributed by atoms with Crippen molar-refractivity contribution in [3.05, 3.63) is 58.6 Å². The minimum atomic E-state index is -1.24. The summed E-state index contributed by atoms with van der Waals surface area (Å²) in [7, 11) is 0. The molecule has 0 saturated carbocycles. The first-order chi connectivity index (χ1) is 9.49. The Morgan fingerprint density at radius 3 is 2.70 bits per heavy atom. The van der Waals surface area contributed by atoms with Gasteiger partial charge in [0.25, 0.3) is 5.91 Å². The summed E-state index contributed by atoms with van der Waals surface area (Å²) >= 11 is 5.87. The SMILES string of the molecule is O=C(Nc1c(Cl)cccc1C(=O)O)c1cncc(F)c1. The molecule has 1 amide bonds. The van der Waals surface area contributed by atoms with Crippen LogP contribution in [-0.4, -0.2) is 22.0 Å². The third-order valence-electron chi connectivity index (χ3n) is 2.45. The molecule has 1 aromatic carbocycles. The maximum atomic E-state index is 13.0. The van der Waals surface area contributed by atoms with E-state index in [-0.39, 0.29) is 21.8 Å². The molecule has 0 aliphatic rings. The zero-order chi connectivity index (χ0) is 14.7. The van der Waals surface area contributed by atoms with Gasteiger partial charge >= 0.3 is 5.97 Å². The number of carboxylic acid groups (broad SMARTS) is 1. The average Bonchev–Trinajstić information content (AvgIpc) is 2.40. The Morgan fingerprint density at radius 2 is 2.05 bits per heavy atom. The van der Waals surface area contributed by atoms with Crippen molar-refractivity contribution in [2.45, 2.75) is 0 Å². The number of aromatic nitrogens is 1. The minimum Gasteiger partial charge on any atom is -0.478 e. The lowest BCUT2D eigenvalue weighted by molar-refractivity contribution is 0.0698. The third-order valence-corrected chi connectivity index (χ3v) is 2.76. The Bertz CT molecular complexity index is 691. The number of hydrogen-bond donors (Lipinski definition) is 2. The highest BCUT2D eigenvalue weighted by Gasteiger charge is 2.16. The molecule has 0 saturated heterocycles. The summed E-state index contributed by atoms with van der Waals surface area (Å²) in [5, 5.41) is 11.5. The summed E-state index contributed by atoms with van der Waals surface area (Å²) in [6.45, 7) is 0. The van der Waals surface area contributed by atoms with Crippen LogP contribution in [0.3, 0.4) is 0 Å². The second kappa shape index (κ2) is 5.66. The molecule has 0 fully saturated rings. The third kappa shape index (κ3) is 2.92. The van der Waals surface area contributed by atoms with Crippen molar-refractivity contribution in [1.29, 1.82) is 0 Å². The number of nitrogens with one attached hydrogen (secondary N) is 1. The smallest absolute Gasteiger partial charge is 0.337 e. The first-order valence-corrected chi connectivity index (χ1v) is 5.80. The lowest BCUT2D eigenvalue weighted by Crippen LogP contribution is -2.15. The van der Waals surface area contributed by atoms with E-state index in [4.69, 9.17) is 16.7 Å². The van der Waals surface area contributed by atoms with Gasteiger partial charge in [-0.1, -0.05) is 17.7 Å². The number of para-hydroxylation sites is 1. The monoisotopic (exact) mass is 294 g/mol. The molecular weight excluding hydrogens is 287 g/mol. The molecule has 20 heavy (non-hydrogen) atoms. The van der Waals surface area contributed by atoms with Crippen molar-refractivity contribution in [3.63, 3.8) is 0 Å². The van der Waals surface area contributed by atoms with Gasteiger partial charge in [-0.25, -0.2) is 9.18 Å². The highest BCUT2D eigenvalue weighted by atomic mass is 35.5. The van der Waals surface area contributed by atoms with Gasteiger partial charge < -0.3 is 10.4 Å². The van der Waals surface area contributed by atoms with Crippen molar-refractivity contribution < 1.29 is 19.1 Å². The van der Waals surface area contributed by atoms with Crippen molar-refractivity contribution in [2.24, 2.45) is 0 Å². The highest BCUT2D eigenvalue weighted by molar-refractivity contribution is 6.34. The van der Waals surface area contributed by atoms with E-state index in [9.17, 15) is 14.0 Å². The zero-order valence-corrected chi connectivity index (χ0v) is 10.7. The number of nitrogens with zero attached hydrogens (tertiary/aromatic N) is 1. The molecule has 0 aliphatic carbocycles. The van der Waals surface area contributed by atoms with E-state index in [1.807, 2.05) is 0 Å². The second-order valence-corrected chi connectivity index (χ2v) is 4.22. The predicted octanol–water partition coefficient (Wildman–Crippen LogP) is 2.82. The summed E-state index contributed by atoms with van der Waals surface area (Å²) in [5.41, 5.74) is -0.243. The molecule has 1 aromatic heterocycles. The van der Waals surface area contributed by atoms with Crippen LogP contribution in [-0.2, 0) is 0 Å². The van der Waals surface area contributed by atoms with Gasteiger partial charge in [0.05, 0.1) is 28.0 Å². The summed E-state index contributed by atoms with van der Waals surface area (Å²) in [6, 6.07) is 5.17. The number of carbonyl (C=O) groups is 2. The van der Waals surface area contributed by atoms with Crippen LogP contribution in [0.4, 0.5) is 10.1 Å². The maximum Gasteiger partial charge on any atom is 0.337 e. The number of halogens is 2. The first kappa shape index (κ1) is 14.0. The number of aromatic carboxylic acids is 1. The maximum absolute atomic E-state index is 13.0. The lowest BCUT2D eigenvalue weighted by atomic mass is 10.1. The number of anilines is 1. The van der Waals surface area contributed by atoms with Gasteiger partial charge in [-0.05, 0) is 18.2 Å². The minimum absolute atomic E-state index is 0.0405. The van der Waals surface area contributed by atoms with Gasteiger partial charge in [0, 0.05) is 6.20 Å². The quantitative estimate of drug-likeness (QED) is 0.912. The Hall–Kier alpha value is -2.47.